The van der Waals surface area contributed by atoms with Crippen LogP contribution < -0.4 is 10.5 Å². The molecular formula is C14H10ClF2N3O. The number of nitrogen functional groups attached to an aromatic ring is 1. The topological polar surface area (TPSA) is 52.5 Å². The molecule has 0 atom stereocenters. The Morgan fingerprint density at radius 3 is 2.71 bits per heavy atom. The van der Waals surface area contributed by atoms with E-state index < -0.39 is 6.61 Å². The number of pyridine rings is 1. The second-order valence-corrected chi connectivity index (χ2v) is 4.73. The molecule has 4 nitrogen and oxygen atoms in total. The number of anilines is 1. The predicted molar refractivity (Wildman–Crippen MR) is 76.7 cm³/mol. The van der Waals surface area contributed by atoms with Gasteiger partial charge in [-0.25, -0.2) is 4.98 Å². The van der Waals surface area contributed by atoms with Crippen LogP contribution >= 0.6 is 11.6 Å². The van der Waals surface area contributed by atoms with E-state index in [-0.39, 0.29) is 5.75 Å². The minimum atomic E-state index is -2.92. The lowest BCUT2D eigenvalue weighted by molar-refractivity contribution is -0.0494. The van der Waals surface area contributed by atoms with Gasteiger partial charge >= 0.3 is 6.61 Å². The highest BCUT2D eigenvalue weighted by Gasteiger charge is 2.17. The molecule has 3 aromatic rings. The Kier molecular flexibility index (Phi) is 3.39. The van der Waals surface area contributed by atoms with Crippen LogP contribution in [0.4, 0.5) is 14.6 Å². The number of fused-ring (bicyclic) bond motifs is 1. The Bertz CT molecular complexity index is 804. The second kappa shape index (κ2) is 5.21. The van der Waals surface area contributed by atoms with Crippen molar-refractivity contribution >= 4 is 23.1 Å². The number of nitrogens with two attached hydrogens (primary N) is 1. The molecule has 0 aliphatic carbocycles. The molecule has 0 aliphatic heterocycles. The van der Waals surface area contributed by atoms with Gasteiger partial charge in [0.05, 0.1) is 5.02 Å². The summed E-state index contributed by atoms with van der Waals surface area (Å²) in [5, 5.41) is 0.496. The van der Waals surface area contributed by atoms with Gasteiger partial charge in [0.1, 0.15) is 22.9 Å². The van der Waals surface area contributed by atoms with E-state index in [0.29, 0.717) is 27.7 Å². The van der Waals surface area contributed by atoms with Gasteiger partial charge in [-0.05, 0) is 24.3 Å². The van der Waals surface area contributed by atoms with Crippen LogP contribution in [-0.4, -0.2) is 16.0 Å². The molecule has 0 saturated carbocycles. The van der Waals surface area contributed by atoms with Gasteiger partial charge in [0.15, 0.2) is 0 Å². The maximum Gasteiger partial charge on any atom is 0.387 e. The Balaban J connectivity index is 2.19. The first-order valence-electron chi connectivity index (χ1n) is 6.03. The number of halogens is 3. The highest BCUT2D eigenvalue weighted by Crippen LogP contribution is 2.34. The lowest BCUT2D eigenvalue weighted by Gasteiger charge is -2.09. The van der Waals surface area contributed by atoms with Crippen molar-refractivity contribution < 1.29 is 13.5 Å². The number of aromatic nitrogens is 2. The van der Waals surface area contributed by atoms with Crippen molar-refractivity contribution in [1.29, 1.82) is 0 Å². The van der Waals surface area contributed by atoms with E-state index in [0.717, 1.165) is 0 Å². The molecule has 0 fully saturated rings. The fourth-order valence-corrected chi connectivity index (χ4v) is 2.26. The van der Waals surface area contributed by atoms with Crippen LogP contribution in [0, 0.1) is 0 Å². The smallest absolute Gasteiger partial charge is 0.387 e. The number of para-hydroxylation sites is 1. The molecule has 21 heavy (non-hydrogen) atoms. The molecule has 0 aliphatic rings. The number of benzene rings is 1. The van der Waals surface area contributed by atoms with Gasteiger partial charge in [-0.3, -0.25) is 4.40 Å². The molecule has 7 heteroatoms. The summed E-state index contributed by atoms with van der Waals surface area (Å²) in [7, 11) is 0. The standard InChI is InChI=1S/C14H10ClF2N3O/c15-8-5-6-11-19-12(13(18)20(11)7-8)9-3-1-2-4-10(9)21-14(16)17/h1-7,14H,18H2. The summed E-state index contributed by atoms with van der Waals surface area (Å²) in [6.07, 6.45) is 1.61. The predicted octanol–water partition coefficient (Wildman–Crippen LogP) is 3.84. The number of ether oxygens (including phenoxy) is 1. The monoisotopic (exact) mass is 309 g/mol. The summed E-state index contributed by atoms with van der Waals surface area (Å²) in [5.74, 6) is 0.325. The van der Waals surface area contributed by atoms with E-state index in [1.165, 1.54) is 6.07 Å². The summed E-state index contributed by atoms with van der Waals surface area (Å²) in [5.41, 5.74) is 7.37. The average Bonchev–Trinajstić information content (AvgIpc) is 2.76. The van der Waals surface area contributed by atoms with Crippen LogP contribution in [0.2, 0.25) is 5.02 Å². The lowest BCUT2D eigenvalue weighted by Crippen LogP contribution is -2.03. The van der Waals surface area contributed by atoms with Gasteiger partial charge < -0.3 is 10.5 Å². The van der Waals surface area contributed by atoms with Gasteiger partial charge in [0.25, 0.3) is 0 Å². The fraction of sp³-hybridized carbons (Fsp3) is 0.0714. The quantitative estimate of drug-likeness (QED) is 0.800. The molecule has 0 saturated heterocycles. The first kappa shape index (κ1) is 13.6. The van der Waals surface area contributed by atoms with Crippen molar-refractivity contribution in [1.82, 2.24) is 9.38 Å². The van der Waals surface area contributed by atoms with Crippen molar-refractivity contribution in [2.24, 2.45) is 0 Å². The number of imidazole rings is 1. The zero-order valence-corrected chi connectivity index (χ0v) is 11.4. The third kappa shape index (κ3) is 2.50. The molecule has 3 rings (SSSR count). The molecule has 108 valence electrons. The molecule has 1 aromatic carbocycles. The second-order valence-electron chi connectivity index (χ2n) is 4.30. The summed E-state index contributed by atoms with van der Waals surface area (Å²) in [6, 6.07) is 9.73. The molecule has 0 unspecified atom stereocenters. The molecule has 0 bridgehead atoms. The van der Waals surface area contributed by atoms with Gasteiger partial charge in [-0.15, -0.1) is 0 Å². The van der Waals surface area contributed by atoms with Gasteiger partial charge in [0, 0.05) is 11.8 Å². The summed E-state index contributed by atoms with van der Waals surface area (Å²) in [4.78, 5) is 4.35. The third-order valence-electron chi connectivity index (χ3n) is 2.98. The number of nitrogens with zero attached hydrogens (tertiary/aromatic N) is 2. The minimum absolute atomic E-state index is 0.0219. The Labute approximate surface area is 123 Å². The van der Waals surface area contributed by atoms with E-state index in [9.17, 15) is 8.78 Å². The van der Waals surface area contributed by atoms with Crippen molar-refractivity contribution in [3.8, 4) is 17.0 Å². The third-order valence-corrected chi connectivity index (χ3v) is 3.20. The molecule has 0 radical (unpaired) electrons. The van der Waals surface area contributed by atoms with Crippen LogP contribution in [0.15, 0.2) is 42.6 Å². The molecule has 2 heterocycles. The Morgan fingerprint density at radius 1 is 1.19 bits per heavy atom. The summed E-state index contributed by atoms with van der Waals surface area (Å²) >= 11 is 5.92. The SMILES string of the molecule is Nc1c(-c2ccccc2OC(F)F)nc2ccc(Cl)cn12. The van der Waals surface area contributed by atoms with E-state index in [1.807, 2.05) is 0 Å². The van der Waals surface area contributed by atoms with E-state index in [4.69, 9.17) is 17.3 Å². The van der Waals surface area contributed by atoms with E-state index in [1.54, 1.807) is 40.9 Å². The van der Waals surface area contributed by atoms with Crippen molar-refractivity contribution in [3.05, 3.63) is 47.6 Å². The van der Waals surface area contributed by atoms with Gasteiger partial charge in [-0.1, -0.05) is 23.7 Å². The first-order valence-corrected chi connectivity index (χ1v) is 6.41. The van der Waals surface area contributed by atoms with Crippen molar-refractivity contribution in [2.75, 3.05) is 5.73 Å². The van der Waals surface area contributed by atoms with E-state index >= 15 is 0 Å². The maximum absolute atomic E-state index is 12.5. The summed E-state index contributed by atoms with van der Waals surface area (Å²) in [6.45, 7) is -2.92. The maximum atomic E-state index is 12.5. The van der Waals surface area contributed by atoms with Crippen LogP contribution in [0.5, 0.6) is 5.75 Å². The van der Waals surface area contributed by atoms with Crippen LogP contribution in [0.3, 0.4) is 0 Å². The number of hydrogen-bond donors (Lipinski definition) is 1. The zero-order chi connectivity index (χ0) is 15.0. The average molecular weight is 310 g/mol. The molecule has 0 amide bonds. The summed E-state index contributed by atoms with van der Waals surface area (Å²) < 4.78 is 31.1. The van der Waals surface area contributed by atoms with Crippen molar-refractivity contribution in [2.45, 2.75) is 6.61 Å². The Hall–Kier alpha value is -2.34. The molecule has 2 N–H and O–H groups in total. The lowest BCUT2D eigenvalue weighted by atomic mass is 10.1. The van der Waals surface area contributed by atoms with Gasteiger partial charge in [0.2, 0.25) is 0 Å². The van der Waals surface area contributed by atoms with Crippen molar-refractivity contribution in [3.63, 3.8) is 0 Å². The number of hydrogen-bond acceptors (Lipinski definition) is 3. The van der Waals surface area contributed by atoms with Crippen LogP contribution in [-0.2, 0) is 0 Å². The first-order chi connectivity index (χ1) is 10.1. The molecule has 2 aromatic heterocycles. The zero-order valence-electron chi connectivity index (χ0n) is 10.6. The largest absolute Gasteiger partial charge is 0.434 e. The Morgan fingerprint density at radius 2 is 1.95 bits per heavy atom. The highest BCUT2D eigenvalue weighted by molar-refractivity contribution is 6.30. The highest BCUT2D eigenvalue weighted by atomic mass is 35.5. The van der Waals surface area contributed by atoms with Gasteiger partial charge in [-0.2, -0.15) is 8.78 Å². The number of alkyl halides is 2. The molecular weight excluding hydrogens is 300 g/mol. The van der Waals surface area contributed by atoms with Crippen LogP contribution in [0.25, 0.3) is 16.9 Å². The number of rotatable bonds is 3. The fourth-order valence-electron chi connectivity index (χ4n) is 2.10. The normalized spacial score (nSPS) is 11.2. The van der Waals surface area contributed by atoms with Crippen LogP contribution in [0.1, 0.15) is 0 Å². The molecule has 0 spiro atoms. The minimum Gasteiger partial charge on any atom is -0.434 e. The van der Waals surface area contributed by atoms with E-state index in [2.05, 4.69) is 9.72 Å².